The van der Waals surface area contributed by atoms with Crippen molar-refractivity contribution in [3.05, 3.63) is 66.9 Å². The fraction of sp³-hybridized carbons (Fsp3) is 0.118. The summed E-state index contributed by atoms with van der Waals surface area (Å²) in [7, 11) is 0. The maximum atomic E-state index is 11.4. The predicted molar refractivity (Wildman–Crippen MR) is 79.9 cm³/mol. The minimum atomic E-state index is -0.453. The first-order valence-electron chi connectivity index (χ1n) is 6.46. The van der Waals surface area contributed by atoms with Gasteiger partial charge in [-0.25, -0.2) is 0 Å². The summed E-state index contributed by atoms with van der Waals surface area (Å²) < 4.78 is 6.54. The molecule has 0 aliphatic rings. The Morgan fingerprint density at radius 3 is 2.91 bits per heavy atom. The molecule has 2 rings (SSSR count). The van der Waals surface area contributed by atoms with Gasteiger partial charge in [-0.05, 0) is 17.8 Å². The number of nitriles is 1. The van der Waals surface area contributed by atoms with Crippen LogP contribution in [0.5, 0.6) is 0 Å². The molecule has 106 valence electrons. The SMILES string of the molecule is [CH2-]/C(=C\C=[C-]n1cc(C#N)c2ccccc21)C(=O)OCC.[K+]. The van der Waals surface area contributed by atoms with Crippen molar-refractivity contribution < 1.29 is 60.9 Å². The van der Waals surface area contributed by atoms with Gasteiger partial charge < -0.3 is 14.1 Å². The van der Waals surface area contributed by atoms with E-state index >= 15 is 0 Å². The van der Waals surface area contributed by atoms with Crippen LogP contribution < -0.4 is 51.4 Å². The minimum absolute atomic E-state index is 0. The molecular weight excluding hydrogens is 303 g/mol. The van der Waals surface area contributed by atoms with E-state index in [2.05, 4.69) is 19.2 Å². The molecule has 0 amide bonds. The Morgan fingerprint density at radius 1 is 1.50 bits per heavy atom. The third kappa shape index (κ3) is 4.35. The fourth-order valence-corrected chi connectivity index (χ4v) is 1.89. The van der Waals surface area contributed by atoms with Gasteiger partial charge in [-0.15, -0.1) is 12.2 Å². The molecule has 1 aromatic heterocycles. The van der Waals surface area contributed by atoms with Crippen molar-refractivity contribution in [1.29, 1.82) is 5.26 Å². The van der Waals surface area contributed by atoms with Crippen LogP contribution in [-0.2, 0) is 9.53 Å². The quantitative estimate of drug-likeness (QED) is 0.262. The van der Waals surface area contributed by atoms with E-state index in [0.717, 1.165) is 10.9 Å². The van der Waals surface area contributed by atoms with E-state index in [1.807, 2.05) is 24.3 Å². The molecule has 0 radical (unpaired) electrons. The Balaban J connectivity index is 0.00000242. The predicted octanol–water partition coefficient (Wildman–Crippen LogP) is 0.00556. The summed E-state index contributed by atoms with van der Waals surface area (Å²) in [4.78, 5) is 11.4. The van der Waals surface area contributed by atoms with Gasteiger partial charge in [-0.2, -0.15) is 12.2 Å². The van der Waals surface area contributed by atoms with Crippen molar-refractivity contribution >= 4 is 16.9 Å². The minimum Gasteiger partial charge on any atom is -0.519 e. The van der Waals surface area contributed by atoms with Crippen molar-refractivity contribution in [2.24, 2.45) is 0 Å². The number of ether oxygens (including phenoxy) is 1. The number of allylic oxidation sites excluding steroid dienone is 2. The van der Waals surface area contributed by atoms with Crippen LogP contribution in [0.3, 0.4) is 0 Å². The molecule has 0 saturated carbocycles. The second kappa shape index (κ2) is 8.98. The number of aromatic nitrogens is 1. The first kappa shape index (κ1) is 18.8. The number of carbonyl (C=O) groups is 1. The van der Waals surface area contributed by atoms with Gasteiger partial charge in [-0.3, -0.25) is 0 Å². The van der Waals surface area contributed by atoms with Crippen LogP contribution in [0.4, 0.5) is 0 Å². The molecule has 1 heterocycles. The molecule has 1 aromatic carbocycles. The van der Waals surface area contributed by atoms with Gasteiger partial charge in [0.05, 0.1) is 12.7 Å². The molecule has 0 N–H and O–H groups in total. The summed E-state index contributed by atoms with van der Waals surface area (Å²) in [5.74, 6) is -0.453. The number of carbonyl (C=O) groups excluding carboxylic acids is 1. The molecule has 0 fully saturated rings. The summed E-state index contributed by atoms with van der Waals surface area (Å²) in [6.07, 6.45) is 7.79. The van der Waals surface area contributed by atoms with Gasteiger partial charge in [0.25, 0.3) is 0 Å². The van der Waals surface area contributed by atoms with Gasteiger partial charge in [-0.1, -0.05) is 42.2 Å². The third-order valence-electron chi connectivity index (χ3n) is 2.87. The number of rotatable bonds is 4. The number of hydrogen-bond donors (Lipinski definition) is 0. The first-order chi connectivity index (χ1) is 10.2. The van der Waals surface area contributed by atoms with E-state index in [-0.39, 0.29) is 57.0 Å². The largest absolute Gasteiger partial charge is 1.00 e. The first-order valence-corrected chi connectivity index (χ1v) is 6.46. The molecule has 0 bridgehead atoms. The monoisotopic (exact) mass is 317 g/mol. The molecule has 0 unspecified atom stereocenters. The van der Waals surface area contributed by atoms with E-state index in [4.69, 9.17) is 10.00 Å². The summed E-state index contributed by atoms with van der Waals surface area (Å²) >= 11 is 0. The summed E-state index contributed by atoms with van der Waals surface area (Å²) in [6, 6.07) is 9.70. The van der Waals surface area contributed by atoms with Crippen molar-refractivity contribution in [3.63, 3.8) is 0 Å². The zero-order chi connectivity index (χ0) is 15.2. The standard InChI is InChI=1S/C17H14N2O2.K/c1-3-21-17(20)13(2)7-6-10-19-12-14(11-18)15-8-4-5-9-16(15)19;/h4-9,12H,2-3H2,1H3;/q-2;+1/b13-7+;. The molecule has 4 nitrogen and oxygen atoms in total. The topological polar surface area (TPSA) is 55.0 Å². The zero-order valence-corrected chi connectivity index (χ0v) is 15.8. The molecule has 0 aliphatic carbocycles. The van der Waals surface area contributed by atoms with Crippen LogP contribution in [-0.4, -0.2) is 17.1 Å². The normalized spacial score (nSPS) is 11.2. The molecule has 0 spiro atoms. The number of benzene rings is 1. The molecule has 0 atom stereocenters. The van der Waals surface area contributed by atoms with E-state index < -0.39 is 5.97 Å². The smallest absolute Gasteiger partial charge is 0.519 e. The van der Waals surface area contributed by atoms with Gasteiger partial charge in [0, 0.05) is 5.56 Å². The Labute approximate surface area is 172 Å². The van der Waals surface area contributed by atoms with E-state index in [1.54, 1.807) is 23.8 Å². The van der Waals surface area contributed by atoms with Gasteiger partial charge in [0.1, 0.15) is 0 Å². The average molecular weight is 317 g/mol. The molecule has 2 aromatic rings. The van der Waals surface area contributed by atoms with Crippen molar-refractivity contribution in [1.82, 2.24) is 4.57 Å². The van der Waals surface area contributed by atoms with Crippen LogP contribution in [0.2, 0.25) is 0 Å². The number of para-hydroxylation sites is 1. The third-order valence-corrected chi connectivity index (χ3v) is 2.87. The van der Waals surface area contributed by atoms with E-state index in [1.165, 1.54) is 6.08 Å². The van der Waals surface area contributed by atoms with Crippen LogP contribution in [0, 0.1) is 24.5 Å². The number of hydrogen-bond acceptors (Lipinski definition) is 3. The fourth-order valence-electron chi connectivity index (χ4n) is 1.89. The van der Waals surface area contributed by atoms with Crippen LogP contribution >= 0.6 is 0 Å². The summed E-state index contributed by atoms with van der Waals surface area (Å²) in [6.45, 7) is 5.68. The Hall–Kier alpha value is -1.29. The second-order valence-electron chi connectivity index (χ2n) is 4.25. The van der Waals surface area contributed by atoms with Crippen molar-refractivity contribution in [2.45, 2.75) is 6.92 Å². The molecular formula is C17H14KN2O2-. The van der Waals surface area contributed by atoms with Crippen molar-refractivity contribution in [3.8, 4) is 6.07 Å². The molecule has 5 heteroatoms. The number of fused-ring (bicyclic) bond motifs is 1. The van der Waals surface area contributed by atoms with Gasteiger partial charge >= 0.3 is 51.4 Å². The van der Waals surface area contributed by atoms with E-state index in [0.29, 0.717) is 12.2 Å². The Bertz CT molecular complexity index is 767. The maximum Gasteiger partial charge on any atom is 1.00 e. The second-order valence-corrected chi connectivity index (χ2v) is 4.25. The average Bonchev–Trinajstić information content (AvgIpc) is 2.86. The van der Waals surface area contributed by atoms with Crippen molar-refractivity contribution in [2.75, 3.05) is 6.61 Å². The summed E-state index contributed by atoms with van der Waals surface area (Å²) in [5.41, 5.74) is 1.71. The van der Waals surface area contributed by atoms with Gasteiger partial charge in [0.2, 0.25) is 5.97 Å². The number of nitrogens with zero attached hydrogens (tertiary/aromatic N) is 2. The molecule has 0 saturated heterocycles. The van der Waals surface area contributed by atoms with E-state index in [9.17, 15) is 4.79 Å². The zero-order valence-electron chi connectivity index (χ0n) is 12.7. The van der Waals surface area contributed by atoms with Crippen LogP contribution in [0.25, 0.3) is 10.9 Å². The maximum absolute atomic E-state index is 11.4. The van der Waals surface area contributed by atoms with Gasteiger partial charge in [0.15, 0.2) is 0 Å². The Morgan fingerprint density at radius 2 is 2.23 bits per heavy atom. The number of esters is 1. The van der Waals surface area contributed by atoms with Crippen LogP contribution in [0.1, 0.15) is 12.5 Å². The molecule has 22 heavy (non-hydrogen) atoms. The molecule has 0 aliphatic heterocycles. The Kier molecular flexibility index (Phi) is 7.66. The van der Waals surface area contributed by atoms with Crippen LogP contribution in [0.15, 0.2) is 48.2 Å². The summed E-state index contributed by atoms with van der Waals surface area (Å²) in [5, 5.41) is 9.98.